The van der Waals surface area contributed by atoms with Gasteiger partial charge in [-0.1, -0.05) is 29.3 Å². The van der Waals surface area contributed by atoms with Gasteiger partial charge >= 0.3 is 23.9 Å². The van der Waals surface area contributed by atoms with Gasteiger partial charge in [-0.3, -0.25) is 0 Å². The third-order valence-corrected chi connectivity index (χ3v) is 5.27. The molecule has 2 aromatic carbocycles. The van der Waals surface area contributed by atoms with Crippen molar-refractivity contribution in [3.63, 3.8) is 0 Å². The maximum atomic E-state index is 11.8. The van der Waals surface area contributed by atoms with Crippen LogP contribution in [-0.2, 0) is 18.9 Å². The van der Waals surface area contributed by atoms with Crippen molar-refractivity contribution >= 4 is 93.5 Å². The molecule has 0 radical (unpaired) electrons. The van der Waals surface area contributed by atoms with E-state index in [2.05, 4.69) is 0 Å². The molecule has 0 unspecified atom stereocenters. The predicted octanol–water partition coefficient (Wildman–Crippen LogP) is 6.26. The highest BCUT2D eigenvalue weighted by atomic mass is 35.5. The van der Waals surface area contributed by atoms with Gasteiger partial charge in [0.05, 0.1) is 50.8 Å². The Hall–Kier alpha value is -1.94. The summed E-state index contributed by atoms with van der Waals surface area (Å²) in [6, 6.07) is 8.68. The molecule has 0 saturated carbocycles. The molecule has 2 rings (SSSR count). The SMILES string of the molecule is O=C(OCCCl)c1ccc(Cl)cc1C(=O)OCCCl.O=C(OCCCl)c1cccc(Cl)c1C(=O)OCCCl. The third kappa shape index (κ3) is 11.4. The highest BCUT2D eigenvalue weighted by molar-refractivity contribution is 6.34. The average molecular weight is 651 g/mol. The summed E-state index contributed by atoms with van der Waals surface area (Å²) in [5, 5.41) is 0.423. The van der Waals surface area contributed by atoms with E-state index >= 15 is 0 Å². The number of rotatable bonds is 12. The number of ether oxygens (including phenoxy) is 4. The second kappa shape index (κ2) is 19.2. The summed E-state index contributed by atoms with van der Waals surface area (Å²) in [4.78, 5) is 47.1. The van der Waals surface area contributed by atoms with Crippen molar-refractivity contribution in [3.8, 4) is 0 Å². The topological polar surface area (TPSA) is 105 Å². The van der Waals surface area contributed by atoms with Gasteiger partial charge in [0.1, 0.15) is 26.4 Å². The van der Waals surface area contributed by atoms with Gasteiger partial charge < -0.3 is 18.9 Å². The molecule has 0 fully saturated rings. The molecule has 0 aliphatic rings. The van der Waals surface area contributed by atoms with Crippen LogP contribution in [0, 0.1) is 0 Å². The van der Waals surface area contributed by atoms with Gasteiger partial charge in [0.15, 0.2) is 0 Å². The van der Waals surface area contributed by atoms with Crippen LogP contribution in [0.2, 0.25) is 10.0 Å². The van der Waals surface area contributed by atoms with E-state index in [0.29, 0.717) is 5.02 Å². The largest absolute Gasteiger partial charge is 0.461 e. The number of alkyl halides is 4. The summed E-state index contributed by atoms with van der Waals surface area (Å²) in [6.45, 7) is 0.174. The van der Waals surface area contributed by atoms with Gasteiger partial charge in [0.2, 0.25) is 0 Å². The highest BCUT2D eigenvalue weighted by Gasteiger charge is 2.22. The van der Waals surface area contributed by atoms with Crippen molar-refractivity contribution in [1.82, 2.24) is 0 Å². The molecule has 14 heteroatoms. The quantitative estimate of drug-likeness (QED) is 0.151. The molecule has 0 aromatic heterocycles. The van der Waals surface area contributed by atoms with Gasteiger partial charge in [-0.2, -0.15) is 0 Å². The fourth-order valence-electron chi connectivity index (χ4n) is 2.60. The van der Waals surface area contributed by atoms with Gasteiger partial charge in [0.25, 0.3) is 0 Å². The molecule has 0 spiro atoms. The smallest absolute Gasteiger partial charge is 0.340 e. The Labute approximate surface area is 249 Å². The minimum atomic E-state index is -0.718. The van der Waals surface area contributed by atoms with E-state index in [1.54, 1.807) is 0 Å². The van der Waals surface area contributed by atoms with E-state index in [0.717, 1.165) is 0 Å². The van der Waals surface area contributed by atoms with Crippen LogP contribution in [0.4, 0.5) is 0 Å². The first-order chi connectivity index (χ1) is 18.2. The lowest BCUT2D eigenvalue weighted by atomic mass is 10.1. The molecular weight excluding hydrogens is 629 g/mol. The van der Waals surface area contributed by atoms with Crippen LogP contribution in [0.15, 0.2) is 36.4 Å². The zero-order valence-electron chi connectivity index (χ0n) is 19.7. The van der Waals surface area contributed by atoms with Crippen LogP contribution in [0.25, 0.3) is 0 Å². The van der Waals surface area contributed by atoms with Crippen molar-refractivity contribution in [2.24, 2.45) is 0 Å². The number of halogens is 6. The molecule has 208 valence electrons. The van der Waals surface area contributed by atoms with Crippen molar-refractivity contribution < 1.29 is 38.1 Å². The number of carbonyl (C=O) groups excluding carboxylic acids is 4. The lowest BCUT2D eigenvalue weighted by molar-refractivity contribution is 0.0482. The van der Waals surface area contributed by atoms with Crippen molar-refractivity contribution in [2.75, 3.05) is 49.9 Å². The van der Waals surface area contributed by atoms with Crippen LogP contribution < -0.4 is 0 Å². The summed E-state index contributed by atoms with van der Waals surface area (Å²) >= 11 is 33.4. The van der Waals surface area contributed by atoms with Gasteiger partial charge in [-0.05, 0) is 30.3 Å². The minimum Gasteiger partial charge on any atom is -0.461 e. The Balaban J connectivity index is 0.000000380. The average Bonchev–Trinajstić information content (AvgIpc) is 2.91. The third-order valence-electron chi connectivity index (χ3n) is 4.10. The van der Waals surface area contributed by atoms with Crippen LogP contribution in [-0.4, -0.2) is 73.8 Å². The van der Waals surface area contributed by atoms with Gasteiger partial charge in [-0.15, -0.1) is 46.4 Å². The molecule has 0 aliphatic heterocycles. The lowest BCUT2D eigenvalue weighted by Crippen LogP contribution is -2.16. The zero-order chi connectivity index (χ0) is 28.5. The summed E-state index contributed by atoms with van der Waals surface area (Å²) in [6.07, 6.45) is 0. The number of esters is 4. The maximum absolute atomic E-state index is 11.8. The van der Waals surface area contributed by atoms with Crippen LogP contribution in [0.3, 0.4) is 0 Å². The molecule has 0 aliphatic carbocycles. The highest BCUT2D eigenvalue weighted by Crippen LogP contribution is 2.22. The fraction of sp³-hybridized carbons (Fsp3) is 0.333. The second-order valence-electron chi connectivity index (χ2n) is 6.65. The molecule has 2 aromatic rings. The zero-order valence-corrected chi connectivity index (χ0v) is 24.2. The van der Waals surface area contributed by atoms with Crippen LogP contribution in [0.5, 0.6) is 0 Å². The summed E-state index contributed by atoms with van der Waals surface area (Å²) in [7, 11) is 0. The number of carbonyl (C=O) groups is 4. The van der Waals surface area contributed by atoms with Crippen molar-refractivity contribution in [2.45, 2.75) is 0 Å². The van der Waals surface area contributed by atoms with Crippen LogP contribution in [0.1, 0.15) is 41.4 Å². The normalized spacial score (nSPS) is 10.1. The van der Waals surface area contributed by atoms with E-state index in [4.69, 9.17) is 88.6 Å². The first-order valence-corrected chi connectivity index (χ1v) is 13.6. The van der Waals surface area contributed by atoms with Gasteiger partial charge in [0, 0.05) is 5.02 Å². The Morgan fingerprint density at radius 3 is 1.50 bits per heavy atom. The summed E-state index contributed by atoms with van der Waals surface area (Å²) < 4.78 is 19.5. The van der Waals surface area contributed by atoms with Crippen molar-refractivity contribution in [1.29, 1.82) is 0 Å². The summed E-state index contributed by atoms with van der Waals surface area (Å²) in [5.41, 5.74) is 0.123. The Morgan fingerprint density at radius 2 is 1.00 bits per heavy atom. The summed E-state index contributed by atoms with van der Waals surface area (Å²) in [5.74, 6) is -2.08. The second-order valence-corrected chi connectivity index (χ2v) is 9.01. The van der Waals surface area contributed by atoms with E-state index < -0.39 is 23.9 Å². The molecule has 0 saturated heterocycles. The molecule has 0 heterocycles. The first-order valence-electron chi connectivity index (χ1n) is 10.7. The molecule has 0 amide bonds. The lowest BCUT2D eigenvalue weighted by Gasteiger charge is -2.10. The first kappa shape index (κ1) is 34.1. The van der Waals surface area contributed by atoms with Gasteiger partial charge in [-0.25, -0.2) is 19.2 Å². The van der Waals surface area contributed by atoms with Crippen LogP contribution >= 0.6 is 69.6 Å². The molecule has 8 nitrogen and oxygen atoms in total. The standard InChI is InChI=1S/2C12H11Cl3O4/c13-3-5-18-11(16)9-2-1-8(15)7-10(9)12(17)19-6-4-14;13-4-6-18-11(16)8-2-1-3-9(15)10(8)12(17)19-7-5-14/h1-2,7H,3-6H2;1-3H,4-7H2. The number of hydrogen-bond acceptors (Lipinski definition) is 8. The maximum Gasteiger partial charge on any atom is 0.340 e. The molecule has 38 heavy (non-hydrogen) atoms. The Kier molecular flexibility index (Phi) is 17.2. The van der Waals surface area contributed by atoms with E-state index in [-0.39, 0.29) is 77.2 Å². The molecular formula is C24H22Cl6O8. The van der Waals surface area contributed by atoms with E-state index in [9.17, 15) is 19.2 Å². The van der Waals surface area contributed by atoms with E-state index in [1.807, 2.05) is 0 Å². The van der Waals surface area contributed by atoms with E-state index in [1.165, 1.54) is 36.4 Å². The Bertz CT molecular complexity index is 1080. The minimum absolute atomic E-state index is 0.0295. The predicted molar refractivity (Wildman–Crippen MR) is 147 cm³/mol. The molecule has 0 N–H and O–H groups in total. The number of hydrogen-bond donors (Lipinski definition) is 0. The van der Waals surface area contributed by atoms with Crippen molar-refractivity contribution in [3.05, 3.63) is 68.7 Å². The number of benzene rings is 2. The molecule has 0 bridgehead atoms. The monoisotopic (exact) mass is 648 g/mol. The molecule has 0 atom stereocenters. The Morgan fingerprint density at radius 1 is 0.553 bits per heavy atom. The fourth-order valence-corrected chi connectivity index (χ4v) is 3.33.